The molecule has 0 saturated heterocycles. The van der Waals surface area contributed by atoms with Gasteiger partial charge in [0.15, 0.2) is 0 Å². The van der Waals surface area contributed by atoms with Gasteiger partial charge in [-0.25, -0.2) is 0 Å². The Balaban J connectivity index is 2.67. The number of hydrogen-bond donors (Lipinski definition) is 1. The normalized spacial score (nSPS) is 11.6. The molecule has 0 aliphatic carbocycles. The SMILES string of the molecule is CCOC(=O)C(C#N)Cc1ccc(CO)cc1. The van der Waals surface area contributed by atoms with Crippen molar-refractivity contribution in [1.82, 2.24) is 0 Å². The lowest BCUT2D eigenvalue weighted by Gasteiger charge is -2.08. The van der Waals surface area contributed by atoms with Gasteiger partial charge in [0.2, 0.25) is 0 Å². The summed E-state index contributed by atoms with van der Waals surface area (Å²) in [5, 5.41) is 17.8. The zero-order valence-electron chi connectivity index (χ0n) is 9.72. The number of nitrogens with zero attached hydrogens (tertiary/aromatic N) is 1. The Labute approximate surface area is 100 Å². The van der Waals surface area contributed by atoms with Crippen molar-refractivity contribution in [3.05, 3.63) is 35.4 Å². The zero-order valence-corrected chi connectivity index (χ0v) is 9.72. The van der Waals surface area contributed by atoms with Crippen LogP contribution < -0.4 is 0 Å². The molecule has 1 aromatic rings. The van der Waals surface area contributed by atoms with Gasteiger partial charge in [-0.15, -0.1) is 0 Å². The molecule has 1 unspecified atom stereocenters. The van der Waals surface area contributed by atoms with Crippen LogP contribution in [-0.2, 0) is 22.6 Å². The molecule has 1 rings (SSSR count). The second kappa shape index (κ2) is 6.66. The van der Waals surface area contributed by atoms with Crippen LogP contribution >= 0.6 is 0 Å². The summed E-state index contributed by atoms with van der Waals surface area (Å²) in [7, 11) is 0. The molecule has 0 aliphatic rings. The molecule has 0 amide bonds. The summed E-state index contributed by atoms with van der Waals surface area (Å²) in [4.78, 5) is 11.4. The Morgan fingerprint density at radius 2 is 2.00 bits per heavy atom. The molecule has 4 nitrogen and oxygen atoms in total. The third-order valence-electron chi connectivity index (χ3n) is 2.37. The maximum absolute atomic E-state index is 11.4. The molecule has 1 atom stereocenters. The zero-order chi connectivity index (χ0) is 12.7. The largest absolute Gasteiger partial charge is 0.465 e. The molecular formula is C13H15NO3. The monoisotopic (exact) mass is 233 g/mol. The molecular weight excluding hydrogens is 218 g/mol. The van der Waals surface area contributed by atoms with E-state index in [2.05, 4.69) is 0 Å². The van der Waals surface area contributed by atoms with Crippen LogP contribution in [0.25, 0.3) is 0 Å². The predicted octanol–water partition coefficient (Wildman–Crippen LogP) is 1.42. The maximum atomic E-state index is 11.4. The van der Waals surface area contributed by atoms with Crippen molar-refractivity contribution in [1.29, 1.82) is 5.26 Å². The lowest BCUT2D eigenvalue weighted by molar-refractivity contribution is -0.145. The number of hydrogen-bond acceptors (Lipinski definition) is 4. The van der Waals surface area contributed by atoms with Crippen LogP contribution in [0, 0.1) is 17.2 Å². The van der Waals surface area contributed by atoms with E-state index in [1.807, 2.05) is 6.07 Å². The number of esters is 1. The number of carbonyl (C=O) groups is 1. The van der Waals surface area contributed by atoms with Crippen molar-refractivity contribution in [2.24, 2.45) is 5.92 Å². The molecule has 0 aromatic heterocycles. The van der Waals surface area contributed by atoms with Gasteiger partial charge in [0.25, 0.3) is 0 Å². The van der Waals surface area contributed by atoms with Gasteiger partial charge < -0.3 is 9.84 Å². The van der Waals surface area contributed by atoms with Crippen molar-refractivity contribution in [3.8, 4) is 6.07 Å². The van der Waals surface area contributed by atoms with Crippen LogP contribution in [0.15, 0.2) is 24.3 Å². The lowest BCUT2D eigenvalue weighted by atomic mass is 10.00. The van der Waals surface area contributed by atoms with Gasteiger partial charge in [0.05, 0.1) is 19.3 Å². The highest BCUT2D eigenvalue weighted by Gasteiger charge is 2.19. The molecule has 0 heterocycles. The molecule has 17 heavy (non-hydrogen) atoms. The fourth-order valence-corrected chi connectivity index (χ4v) is 1.44. The first-order valence-corrected chi connectivity index (χ1v) is 5.46. The van der Waals surface area contributed by atoms with Gasteiger partial charge in [-0.3, -0.25) is 4.79 Å². The average Bonchev–Trinajstić information content (AvgIpc) is 2.37. The fraction of sp³-hybridized carbons (Fsp3) is 0.385. The highest BCUT2D eigenvalue weighted by Crippen LogP contribution is 2.11. The Kier molecular flexibility index (Phi) is 5.18. The average molecular weight is 233 g/mol. The summed E-state index contributed by atoms with van der Waals surface area (Å²) in [6.07, 6.45) is 0.334. The van der Waals surface area contributed by atoms with E-state index in [9.17, 15) is 4.79 Å². The molecule has 1 aromatic carbocycles. The summed E-state index contributed by atoms with van der Waals surface area (Å²) in [5.41, 5.74) is 1.68. The minimum atomic E-state index is -0.769. The van der Waals surface area contributed by atoms with E-state index in [-0.39, 0.29) is 13.2 Å². The second-order valence-electron chi connectivity index (χ2n) is 3.61. The van der Waals surface area contributed by atoms with Crippen LogP contribution in [0.2, 0.25) is 0 Å². The van der Waals surface area contributed by atoms with E-state index in [4.69, 9.17) is 15.1 Å². The number of benzene rings is 1. The van der Waals surface area contributed by atoms with Gasteiger partial charge in [0, 0.05) is 0 Å². The third kappa shape index (κ3) is 3.89. The van der Waals surface area contributed by atoms with Gasteiger partial charge in [0.1, 0.15) is 5.92 Å². The highest BCUT2D eigenvalue weighted by molar-refractivity contribution is 5.75. The minimum absolute atomic E-state index is 0.0141. The first-order valence-electron chi connectivity index (χ1n) is 5.46. The van der Waals surface area contributed by atoms with Gasteiger partial charge in [-0.2, -0.15) is 5.26 Å². The first-order chi connectivity index (χ1) is 8.21. The number of nitriles is 1. The molecule has 0 saturated carbocycles. The van der Waals surface area contributed by atoms with Crippen molar-refractivity contribution in [2.45, 2.75) is 20.0 Å². The Hall–Kier alpha value is -1.86. The first kappa shape index (κ1) is 13.2. The minimum Gasteiger partial charge on any atom is -0.465 e. The summed E-state index contributed by atoms with van der Waals surface area (Å²) in [6, 6.07) is 9.09. The van der Waals surface area contributed by atoms with Crippen molar-refractivity contribution < 1.29 is 14.6 Å². The number of ether oxygens (including phenoxy) is 1. The fourth-order valence-electron chi connectivity index (χ4n) is 1.44. The Bertz CT molecular complexity index is 406. The molecule has 4 heteroatoms. The van der Waals surface area contributed by atoms with E-state index >= 15 is 0 Å². The number of aliphatic hydroxyl groups is 1. The standard InChI is InChI=1S/C13H15NO3/c1-2-17-13(16)12(8-14)7-10-3-5-11(9-15)6-4-10/h3-6,12,15H,2,7,9H2,1H3. The maximum Gasteiger partial charge on any atom is 0.323 e. The molecule has 0 bridgehead atoms. The van der Waals surface area contributed by atoms with Crippen molar-refractivity contribution in [2.75, 3.05) is 6.61 Å². The number of aliphatic hydroxyl groups excluding tert-OH is 1. The molecule has 0 radical (unpaired) electrons. The van der Waals surface area contributed by atoms with Crippen LogP contribution in [0.1, 0.15) is 18.1 Å². The second-order valence-corrected chi connectivity index (χ2v) is 3.61. The van der Waals surface area contributed by atoms with Crippen LogP contribution in [-0.4, -0.2) is 17.7 Å². The molecule has 1 N–H and O–H groups in total. The molecule has 0 fully saturated rings. The van der Waals surface area contributed by atoms with E-state index in [1.54, 1.807) is 31.2 Å². The Morgan fingerprint density at radius 3 is 2.47 bits per heavy atom. The summed E-state index contributed by atoms with van der Waals surface area (Å²) >= 11 is 0. The van der Waals surface area contributed by atoms with Crippen molar-refractivity contribution in [3.63, 3.8) is 0 Å². The van der Waals surface area contributed by atoms with Gasteiger partial charge in [-0.05, 0) is 24.5 Å². The van der Waals surface area contributed by atoms with Crippen LogP contribution in [0.4, 0.5) is 0 Å². The molecule has 90 valence electrons. The molecule has 0 aliphatic heterocycles. The quantitative estimate of drug-likeness (QED) is 0.781. The predicted molar refractivity (Wildman–Crippen MR) is 61.8 cm³/mol. The summed E-state index contributed by atoms with van der Waals surface area (Å²) < 4.78 is 4.81. The summed E-state index contributed by atoms with van der Waals surface area (Å²) in [5.74, 6) is -1.25. The highest BCUT2D eigenvalue weighted by atomic mass is 16.5. The van der Waals surface area contributed by atoms with E-state index in [1.165, 1.54) is 0 Å². The van der Waals surface area contributed by atoms with Crippen LogP contribution in [0.3, 0.4) is 0 Å². The van der Waals surface area contributed by atoms with E-state index in [0.29, 0.717) is 6.42 Å². The van der Waals surface area contributed by atoms with Gasteiger partial charge >= 0.3 is 5.97 Å². The number of carbonyl (C=O) groups excluding carboxylic acids is 1. The van der Waals surface area contributed by atoms with E-state index < -0.39 is 11.9 Å². The Morgan fingerprint density at radius 1 is 1.41 bits per heavy atom. The number of rotatable bonds is 5. The van der Waals surface area contributed by atoms with Crippen LogP contribution in [0.5, 0.6) is 0 Å². The van der Waals surface area contributed by atoms with Crippen molar-refractivity contribution >= 4 is 5.97 Å². The molecule has 0 spiro atoms. The third-order valence-corrected chi connectivity index (χ3v) is 2.37. The lowest BCUT2D eigenvalue weighted by Crippen LogP contribution is -2.18. The van der Waals surface area contributed by atoms with Gasteiger partial charge in [-0.1, -0.05) is 24.3 Å². The van der Waals surface area contributed by atoms with E-state index in [0.717, 1.165) is 11.1 Å². The smallest absolute Gasteiger partial charge is 0.323 e. The topological polar surface area (TPSA) is 70.3 Å². The summed E-state index contributed by atoms with van der Waals surface area (Å²) in [6.45, 7) is 1.97.